The van der Waals surface area contributed by atoms with Crippen molar-refractivity contribution in [1.29, 1.82) is 0 Å². The Morgan fingerprint density at radius 1 is 0.562 bits per heavy atom. The third-order valence-corrected chi connectivity index (χ3v) is 3.20. The molecule has 1 aliphatic rings. The average molecular weight is 206 g/mol. The van der Waals surface area contributed by atoms with Gasteiger partial charge >= 0.3 is 0 Å². The van der Waals surface area contributed by atoms with Crippen molar-refractivity contribution in [3.05, 3.63) is 70.1 Å². The van der Waals surface area contributed by atoms with E-state index in [1.807, 2.05) is 0 Å². The lowest BCUT2D eigenvalue weighted by molar-refractivity contribution is 1.18. The molecule has 0 radical (unpaired) electrons. The summed E-state index contributed by atoms with van der Waals surface area (Å²) in [6.07, 6.45) is 6.73. The Labute approximate surface area is 95.6 Å². The zero-order valence-corrected chi connectivity index (χ0v) is 9.19. The molecule has 2 aromatic rings. The molecule has 0 saturated heterocycles. The number of hydrogen-bond acceptors (Lipinski definition) is 0. The summed E-state index contributed by atoms with van der Waals surface area (Å²) in [5, 5.41) is 2.72. The van der Waals surface area contributed by atoms with E-state index < -0.39 is 0 Å². The molecule has 0 unspecified atom stereocenters. The van der Waals surface area contributed by atoms with E-state index in [0.717, 1.165) is 12.8 Å². The first kappa shape index (κ1) is 9.41. The maximum Gasteiger partial charge on any atom is -0.00854 e. The van der Waals surface area contributed by atoms with Gasteiger partial charge in [-0.05, 0) is 34.4 Å². The molecular formula is C16H14. The van der Waals surface area contributed by atoms with Gasteiger partial charge in [-0.3, -0.25) is 0 Å². The van der Waals surface area contributed by atoms with E-state index in [9.17, 15) is 0 Å². The molecule has 0 aliphatic heterocycles. The molecule has 0 nitrogen and oxygen atoms in total. The number of fused-ring (bicyclic) bond motifs is 2. The lowest BCUT2D eigenvalue weighted by atomic mass is 9.98. The second kappa shape index (κ2) is 3.97. The minimum atomic E-state index is 1.04. The molecule has 0 aromatic heterocycles. The van der Waals surface area contributed by atoms with Crippen LogP contribution < -0.4 is 10.4 Å². The molecule has 0 N–H and O–H groups in total. The molecule has 0 bridgehead atoms. The molecule has 0 saturated carbocycles. The molecule has 0 spiro atoms. The summed E-state index contributed by atoms with van der Waals surface area (Å²) < 4.78 is 0. The predicted molar refractivity (Wildman–Crippen MR) is 68.5 cm³/mol. The van der Waals surface area contributed by atoms with Crippen LogP contribution in [0.4, 0.5) is 0 Å². The lowest BCUT2D eigenvalue weighted by Gasteiger charge is -2.07. The highest BCUT2D eigenvalue weighted by Gasteiger charge is 2.00. The largest absolute Gasteiger partial charge is 0.0723 e. The number of rotatable bonds is 0. The zero-order valence-electron chi connectivity index (χ0n) is 9.19. The van der Waals surface area contributed by atoms with Crippen molar-refractivity contribution in [2.45, 2.75) is 12.8 Å². The molecule has 0 heterocycles. The van der Waals surface area contributed by atoms with Crippen LogP contribution in [0.3, 0.4) is 0 Å². The Balaban J connectivity index is 2.19. The van der Waals surface area contributed by atoms with Crippen molar-refractivity contribution in [2.24, 2.45) is 0 Å². The van der Waals surface area contributed by atoms with Crippen LogP contribution in [0.2, 0.25) is 0 Å². The summed E-state index contributed by atoms with van der Waals surface area (Å²) in [6.45, 7) is 0. The van der Waals surface area contributed by atoms with Crippen LogP contribution in [0.1, 0.15) is 11.1 Å². The number of hydrogen-bond donors (Lipinski definition) is 0. The second-order valence-electron chi connectivity index (χ2n) is 4.21. The molecule has 0 amide bonds. The van der Waals surface area contributed by atoms with Gasteiger partial charge in [-0.15, -0.1) is 0 Å². The normalized spacial score (nSPS) is 17.8. The highest BCUT2D eigenvalue weighted by molar-refractivity contribution is 5.45. The summed E-state index contributed by atoms with van der Waals surface area (Å²) in [6, 6.07) is 17.3. The lowest BCUT2D eigenvalue weighted by Crippen LogP contribution is -2.25. The third kappa shape index (κ3) is 1.67. The van der Waals surface area contributed by atoms with E-state index in [4.69, 9.17) is 0 Å². The van der Waals surface area contributed by atoms with Gasteiger partial charge in [0, 0.05) is 0 Å². The zero-order chi connectivity index (χ0) is 10.8. The number of benzene rings is 2. The predicted octanol–water partition coefficient (Wildman–Crippen LogP) is 2.05. The van der Waals surface area contributed by atoms with Gasteiger partial charge in [-0.1, -0.05) is 60.7 Å². The molecule has 78 valence electrons. The SMILES string of the molecule is C1=c2/cccc/c2=C/Cc2ccccc2C/1. The molecule has 0 heteroatoms. The van der Waals surface area contributed by atoms with Crippen LogP contribution in [0.15, 0.2) is 48.5 Å². The van der Waals surface area contributed by atoms with Gasteiger partial charge in [0.1, 0.15) is 0 Å². The average Bonchev–Trinajstić information content (AvgIpc) is 2.32. The molecule has 0 fully saturated rings. The van der Waals surface area contributed by atoms with Crippen molar-refractivity contribution in [1.82, 2.24) is 0 Å². The van der Waals surface area contributed by atoms with Crippen molar-refractivity contribution in [2.75, 3.05) is 0 Å². The fraction of sp³-hybridized carbons (Fsp3) is 0.125. The smallest absolute Gasteiger partial charge is 0.00854 e. The molecule has 3 rings (SSSR count). The Hall–Kier alpha value is -1.82. The fourth-order valence-electron chi connectivity index (χ4n) is 2.28. The van der Waals surface area contributed by atoms with E-state index in [0.29, 0.717) is 0 Å². The third-order valence-electron chi connectivity index (χ3n) is 3.20. The van der Waals surface area contributed by atoms with E-state index in [2.05, 4.69) is 60.7 Å². The summed E-state index contributed by atoms with van der Waals surface area (Å²) in [4.78, 5) is 0. The van der Waals surface area contributed by atoms with Gasteiger partial charge in [-0.25, -0.2) is 0 Å². The highest BCUT2D eigenvalue weighted by Crippen LogP contribution is 2.11. The van der Waals surface area contributed by atoms with Crippen molar-refractivity contribution in [3.63, 3.8) is 0 Å². The Morgan fingerprint density at radius 3 is 1.50 bits per heavy atom. The first-order valence-corrected chi connectivity index (χ1v) is 5.76. The van der Waals surface area contributed by atoms with Crippen LogP contribution in [-0.4, -0.2) is 0 Å². The van der Waals surface area contributed by atoms with Gasteiger partial charge in [0.05, 0.1) is 0 Å². The monoisotopic (exact) mass is 206 g/mol. The maximum absolute atomic E-state index is 2.32. The summed E-state index contributed by atoms with van der Waals surface area (Å²) in [5.41, 5.74) is 2.90. The molecule has 2 aromatic carbocycles. The standard InChI is InChI=1S/C16H14/c1-2-6-14-11-12-16-8-4-3-7-15(16)10-9-13(14)5-1/h1-9,11H,10,12H2/b13-9-,14-11-. The topological polar surface area (TPSA) is 0 Å². The van der Waals surface area contributed by atoms with Crippen molar-refractivity contribution in [3.8, 4) is 0 Å². The van der Waals surface area contributed by atoms with E-state index >= 15 is 0 Å². The Morgan fingerprint density at radius 2 is 1.00 bits per heavy atom. The Kier molecular flexibility index (Phi) is 2.34. The first-order chi connectivity index (χ1) is 7.93. The van der Waals surface area contributed by atoms with Gasteiger partial charge < -0.3 is 0 Å². The van der Waals surface area contributed by atoms with Crippen LogP contribution in [0, 0.1) is 0 Å². The van der Waals surface area contributed by atoms with Gasteiger partial charge in [0.15, 0.2) is 0 Å². The fourth-order valence-corrected chi connectivity index (χ4v) is 2.28. The Bertz CT molecular complexity index is 564. The second-order valence-corrected chi connectivity index (χ2v) is 4.21. The highest BCUT2D eigenvalue weighted by atomic mass is 14.1. The van der Waals surface area contributed by atoms with E-state index in [1.54, 1.807) is 0 Å². The van der Waals surface area contributed by atoms with Crippen molar-refractivity contribution >= 4 is 12.2 Å². The van der Waals surface area contributed by atoms with Crippen LogP contribution >= 0.6 is 0 Å². The maximum atomic E-state index is 2.32. The molecule has 1 aliphatic carbocycles. The van der Waals surface area contributed by atoms with Crippen LogP contribution in [0.25, 0.3) is 12.2 Å². The van der Waals surface area contributed by atoms with Gasteiger partial charge in [0.25, 0.3) is 0 Å². The summed E-state index contributed by atoms with van der Waals surface area (Å²) in [7, 11) is 0. The summed E-state index contributed by atoms with van der Waals surface area (Å²) in [5.74, 6) is 0. The van der Waals surface area contributed by atoms with Gasteiger partial charge in [-0.2, -0.15) is 0 Å². The van der Waals surface area contributed by atoms with Crippen molar-refractivity contribution < 1.29 is 0 Å². The molecular weight excluding hydrogens is 192 g/mol. The van der Waals surface area contributed by atoms with E-state index in [-0.39, 0.29) is 0 Å². The molecule has 0 atom stereocenters. The molecule has 16 heavy (non-hydrogen) atoms. The van der Waals surface area contributed by atoms with Crippen LogP contribution in [-0.2, 0) is 12.8 Å². The van der Waals surface area contributed by atoms with Crippen LogP contribution in [0.5, 0.6) is 0 Å². The minimum absolute atomic E-state index is 1.04. The first-order valence-electron chi connectivity index (χ1n) is 5.76. The van der Waals surface area contributed by atoms with Gasteiger partial charge in [0.2, 0.25) is 0 Å². The summed E-state index contributed by atoms with van der Waals surface area (Å²) >= 11 is 0. The van der Waals surface area contributed by atoms with E-state index in [1.165, 1.54) is 21.6 Å². The minimum Gasteiger partial charge on any atom is -0.0723 e. The quantitative estimate of drug-likeness (QED) is 0.619.